The molecule has 0 fully saturated rings. The molecule has 0 radical (unpaired) electrons. The van der Waals surface area contributed by atoms with Gasteiger partial charge in [-0.1, -0.05) is 39.7 Å². The molecule has 0 atom stereocenters. The number of primary amides is 1. The number of aryl methyl sites for hydroxylation is 2. The van der Waals surface area contributed by atoms with Gasteiger partial charge in [0.15, 0.2) is 0 Å². The summed E-state index contributed by atoms with van der Waals surface area (Å²) in [6, 6.07) is 9.37. The fourth-order valence-corrected chi connectivity index (χ4v) is 2.37. The molecule has 1 aromatic carbocycles. The summed E-state index contributed by atoms with van der Waals surface area (Å²) in [6.07, 6.45) is 2.37. The molecular weight excluding hydrogens is 342 g/mol. The van der Waals surface area contributed by atoms with Gasteiger partial charge in [-0.15, -0.1) is 0 Å². The van der Waals surface area contributed by atoms with Crippen molar-refractivity contribution in [3.63, 3.8) is 0 Å². The van der Waals surface area contributed by atoms with Crippen LogP contribution in [0.3, 0.4) is 0 Å². The Labute approximate surface area is 129 Å². The number of carbonyl (C=O) groups excluding carboxylic acids is 1. The number of pyridine rings is 1. The third-order valence-corrected chi connectivity index (χ3v) is 3.66. The van der Waals surface area contributed by atoms with Crippen LogP contribution >= 0.6 is 27.5 Å². The highest BCUT2D eigenvalue weighted by molar-refractivity contribution is 9.10. The zero-order chi connectivity index (χ0) is 14.7. The van der Waals surface area contributed by atoms with Crippen LogP contribution in [-0.4, -0.2) is 10.5 Å². The van der Waals surface area contributed by atoms with Crippen molar-refractivity contribution in [3.05, 3.63) is 62.6 Å². The average Bonchev–Trinajstić information content (AvgIpc) is 2.41. The van der Waals surface area contributed by atoms with Gasteiger partial charge in [0, 0.05) is 17.2 Å². The van der Waals surface area contributed by atoms with Gasteiger partial charge in [-0.3, -0.25) is 10.2 Å². The van der Waals surface area contributed by atoms with Crippen molar-refractivity contribution in [2.45, 2.75) is 13.0 Å². The fourth-order valence-electron chi connectivity index (χ4n) is 1.88. The van der Waals surface area contributed by atoms with E-state index in [0.29, 0.717) is 11.6 Å². The molecule has 0 aliphatic heterocycles. The standard InChI is InChI=1S/C14H13BrClN3O/c15-10-3-1-9(2-4-10)5-6-19-8-11(16)7-12(13(19)17)14(18)20/h1-4,7-8,17H,5-6H2,(H2,18,20). The van der Waals surface area contributed by atoms with E-state index >= 15 is 0 Å². The van der Waals surface area contributed by atoms with E-state index in [9.17, 15) is 4.79 Å². The predicted octanol–water partition coefficient (Wildman–Crippen LogP) is 2.73. The minimum Gasteiger partial charge on any atom is -0.365 e. The summed E-state index contributed by atoms with van der Waals surface area (Å²) in [5, 5.41) is 8.36. The highest BCUT2D eigenvalue weighted by Crippen LogP contribution is 2.12. The Kier molecular flexibility index (Phi) is 4.62. The van der Waals surface area contributed by atoms with E-state index in [0.717, 1.165) is 16.5 Å². The summed E-state index contributed by atoms with van der Waals surface area (Å²) >= 11 is 9.33. The van der Waals surface area contributed by atoms with Gasteiger partial charge in [-0.25, -0.2) is 0 Å². The Morgan fingerprint density at radius 1 is 1.35 bits per heavy atom. The van der Waals surface area contributed by atoms with Crippen molar-refractivity contribution < 1.29 is 4.79 Å². The number of nitrogens with one attached hydrogen (secondary N) is 1. The molecule has 2 aromatic rings. The lowest BCUT2D eigenvalue weighted by Crippen LogP contribution is -2.30. The SMILES string of the molecule is N=c1c(C(N)=O)cc(Cl)cn1CCc1ccc(Br)cc1. The van der Waals surface area contributed by atoms with E-state index in [4.69, 9.17) is 22.7 Å². The van der Waals surface area contributed by atoms with Crippen LogP contribution in [0, 0.1) is 5.41 Å². The number of rotatable bonds is 4. The quantitative estimate of drug-likeness (QED) is 0.870. The lowest BCUT2D eigenvalue weighted by molar-refractivity contribution is 0.0997. The first-order valence-electron chi connectivity index (χ1n) is 5.96. The first-order valence-corrected chi connectivity index (χ1v) is 7.13. The summed E-state index contributed by atoms with van der Waals surface area (Å²) in [5.41, 5.74) is 6.59. The minimum absolute atomic E-state index is 0.0824. The van der Waals surface area contributed by atoms with Crippen molar-refractivity contribution in [2.75, 3.05) is 0 Å². The van der Waals surface area contributed by atoms with Gasteiger partial charge >= 0.3 is 0 Å². The highest BCUT2D eigenvalue weighted by Gasteiger charge is 2.08. The van der Waals surface area contributed by atoms with Crippen molar-refractivity contribution in [3.8, 4) is 0 Å². The topological polar surface area (TPSA) is 71.9 Å². The average molecular weight is 355 g/mol. The Morgan fingerprint density at radius 3 is 2.60 bits per heavy atom. The van der Waals surface area contributed by atoms with Crippen molar-refractivity contribution in [2.24, 2.45) is 5.73 Å². The molecular formula is C14H13BrClN3O. The van der Waals surface area contributed by atoms with Crippen LogP contribution < -0.4 is 11.2 Å². The number of amides is 1. The zero-order valence-electron chi connectivity index (χ0n) is 10.6. The summed E-state index contributed by atoms with van der Waals surface area (Å²) < 4.78 is 2.65. The summed E-state index contributed by atoms with van der Waals surface area (Å²) in [6.45, 7) is 0.557. The first-order chi connectivity index (χ1) is 9.47. The van der Waals surface area contributed by atoms with Crippen LogP contribution in [0.1, 0.15) is 15.9 Å². The van der Waals surface area contributed by atoms with Gasteiger partial charge in [0.25, 0.3) is 5.91 Å². The predicted molar refractivity (Wildman–Crippen MR) is 81.7 cm³/mol. The molecule has 3 N–H and O–H groups in total. The molecule has 0 saturated carbocycles. The number of nitrogens with zero attached hydrogens (tertiary/aromatic N) is 1. The molecule has 20 heavy (non-hydrogen) atoms. The molecule has 6 heteroatoms. The number of hydrogen-bond donors (Lipinski definition) is 2. The maximum atomic E-state index is 11.3. The van der Waals surface area contributed by atoms with Crippen molar-refractivity contribution in [1.82, 2.24) is 4.57 Å². The van der Waals surface area contributed by atoms with Crippen molar-refractivity contribution in [1.29, 1.82) is 5.41 Å². The number of hydrogen-bond acceptors (Lipinski definition) is 2. The Hall–Kier alpha value is -1.59. The molecule has 1 heterocycles. The normalized spacial score (nSPS) is 10.5. The smallest absolute Gasteiger partial charge is 0.252 e. The van der Waals surface area contributed by atoms with Crippen LogP contribution in [-0.2, 0) is 13.0 Å². The second-order valence-electron chi connectivity index (χ2n) is 4.35. The van der Waals surface area contributed by atoms with Gasteiger partial charge in [0.1, 0.15) is 5.49 Å². The van der Waals surface area contributed by atoms with Crippen LogP contribution in [0.4, 0.5) is 0 Å². The molecule has 104 valence electrons. The summed E-state index contributed by atoms with van der Waals surface area (Å²) in [5.74, 6) is -0.644. The molecule has 0 aliphatic carbocycles. The van der Waals surface area contributed by atoms with E-state index in [2.05, 4.69) is 15.9 Å². The van der Waals surface area contributed by atoms with E-state index in [1.807, 2.05) is 24.3 Å². The fraction of sp³-hybridized carbons (Fsp3) is 0.143. The summed E-state index contributed by atoms with van der Waals surface area (Å²) in [4.78, 5) is 11.3. The van der Waals surface area contributed by atoms with E-state index in [-0.39, 0.29) is 11.1 Å². The first kappa shape index (κ1) is 14.8. The van der Waals surface area contributed by atoms with Crippen molar-refractivity contribution >= 4 is 33.4 Å². The lowest BCUT2D eigenvalue weighted by atomic mass is 10.1. The van der Waals surface area contributed by atoms with E-state index < -0.39 is 5.91 Å². The number of halogens is 2. The molecule has 0 saturated heterocycles. The van der Waals surface area contributed by atoms with Gasteiger partial charge in [0.05, 0.1) is 10.6 Å². The number of nitrogens with two attached hydrogens (primary N) is 1. The maximum absolute atomic E-state index is 11.3. The van der Waals surface area contributed by atoms with E-state index in [1.165, 1.54) is 6.07 Å². The third-order valence-electron chi connectivity index (χ3n) is 2.92. The van der Waals surface area contributed by atoms with Gasteiger partial charge in [0.2, 0.25) is 0 Å². The zero-order valence-corrected chi connectivity index (χ0v) is 12.9. The van der Waals surface area contributed by atoms with E-state index in [1.54, 1.807) is 10.8 Å². The highest BCUT2D eigenvalue weighted by atomic mass is 79.9. The number of benzene rings is 1. The molecule has 0 unspecified atom stereocenters. The molecule has 1 amide bonds. The molecule has 2 rings (SSSR count). The molecule has 0 spiro atoms. The molecule has 0 bridgehead atoms. The Morgan fingerprint density at radius 2 is 2.00 bits per heavy atom. The maximum Gasteiger partial charge on any atom is 0.252 e. The molecule has 0 aliphatic rings. The Balaban J connectivity index is 2.23. The van der Waals surface area contributed by atoms with Crippen LogP contribution in [0.5, 0.6) is 0 Å². The van der Waals surface area contributed by atoms with Crippen LogP contribution in [0.25, 0.3) is 0 Å². The molecule has 1 aromatic heterocycles. The second-order valence-corrected chi connectivity index (χ2v) is 5.71. The lowest BCUT2D eigenvalue weighted by Gasteiger charge is -2.10. The van der Waals surface area contributed by atoms with Gasteiger partial charge in [-0.2, -0.15) is 0 Å². The van der Waals surface area contributed by atoms with Gasteiger partial charge < -0.3 is 10.3 Å². The second kappa shape index (κ2) is 6.24. The third kappa shape index (κ3) is 3.49. The summed E-state index contributed by atoms with van der Waals surface area (Å²) in [7, 11) is 0. The monoisotopic (exact) mass is 353 g/mol. The number of carbonyl (C=O) groups is 1. The largest absolute Gasteiger partial charge is 0.365 e. The molecule has 4 nitrogen and oxygen atoms in total. The van der Waals surface area contributed by atoms with Gasteiger partial charge in [-0.05, 0) is 30.2 Å². The van der Waals surface area contributed by atoms with Crippen LogP contribution in [0.15, 0.2) is 41.0 Å². The van der Waals surface area contributed by atoms with Crippen LogP contribution in [0.2, 0.25) is 5.02 Å². The number of aromatic nitrogens is 1. The minimum atomic E-state index is -0.644. The Bertz CT molecular complexity index is 695.